The van der Waals surface area contributed by atoms with Crippen molar-refractivity contribution in [2.45, 2.75) is 38.8 Å². The Morgan fingerprint density at radius 2 is 2.06 bits per heavy atom. The van der Waals surface area contributed by atoms with Gasteiger partial charge in [0.25, 0.3) is 0 Å². The molecule has 0 saturated carbocycles. The van der Waals surface area contributed by atoms with Crippen molar-refractivity contribution in [3.63, 3.8) is 0 Å². The number of carboxylic acid groups (broad SMARTS) is 1. The molecule has 0 aliphatic carbocycles. The van der Waals surface area contributed by atoms with Crippen LogP contribution in [0.3, 0.4) is 0 Å². The van der Waals surface area contributed by atoms with Crippen LogP contribution in [0.25, 0.3) is 0 Å². The highest BCUT2D eigenvalue weighted by Crippen LogP contribution is 2.28. The molecule has 2 unspecified atom stereocenters. The Kier molecular flexibility index (Phi) is 5.44. The van der Waals surface area contributed by atoms with Gasteiger partial charge in [-0.25, -0.2) is 0 Å². The summed E-state index contributed by atoms with van der Waals surface area (Å²) in [7, 11) is 0. The Balaban J connectivity index is 2.57. The first-order chi connectivity index (χ1) is 8.34. The first-order valence-electron chi connectivity index (χ1n) is 6.36. The number of alkyl halides is 3. The first kappa shape index (κ1) is 15.3. The lowest BCUT2D eigenvalue weighted by Gasteiger charge is -2.25. The quantitative estimate of drug-likeness (QED) is 0.851. The zero-order valence-electron chi connectivity index (χ0n) is 10.5. The van der Waals surface area contributed by atoms with Crippen molar-refractivity contribution in [3.8, 4) is 0 Å². The molecule has 1 saturated heterocycles. The minimum Gasteiger partial charge on any atom is -0.481 e. The van der Waals surface area contributed by atoms with Crippen LogP contribution >= 0.6 is 0 Å². The Hall–Kier alpha value is -0.780. The number of hydrogen-bond donors (Lipinski definition) is 1. The molecule has 3 nitrogen and oxygen atoms in total. The first-order valence-corrected chi connectivity index (χ1v) is 6.36. The van der Waals surface area contributed by atoms with Crippen LogP contribution in [0.4, 0.5) is 13.2 Å². The Labute approximate surface area is 105 Å². The molecule has 1 aliphatic rings. The molecule has 0 spiro atoms. The summed E-state index contributed by atoms with van der Waals surface area (Å²) in [5.41, 5.74) is 0. The van der Waals surface area contributed by atoms with Gasteiger partial charge in [0.1, 0.15) is 0 Å². The highest BCUT2D eigenvalue weighted by atomic mass is 19.4. The second-order valence-electron chi connectivity index (χ2n) is 4.94. The van der Waals surface area contributed by atoms with Crippen molar-refractivity contribution >= 4 is 5.97 Å². The fraction of sp³-hybridized carbons (Fsp3) is 0.917. The van der Waals surface area contributed by atoms with Crippen LogP contribution < -0.4 is 0 Å². The van der Waals surface area contributed by atoms with Crippen molar-refractivity contribution in [1.29, 1.82) is 0 Å². The van der Waals surface area contributed by atoms with E-state index in [1.54, 1.807) is 4.90 Å². The van der Waals surface area contributed by atoms with Gasteiger partial charge in [0.2, 0.25) is 0 Å². The number of carbonyl (C=O) groups is 1. The van der Waals surface area contributed by atoms with Gasteiger partial charge in [0.15, 0.2) is 5.92 Å². The fourth-order valence-corrected chi connectivity index (χ4v) is 2.40. The molecule has 18 heavy (non-hydrogen) atoms. The topological polar surface area (TPSA) is 40.5 Å². The molecule has 6 heteroatoms. The molecule has 2 atom stereocenters. The maximum atomic E-state index is 12.6. The molecule has 0 amide bonds. The molecular weight excluding hydrogens is 247 g/mol. The largest absolute Gasteiger partial charge is 0.481 e. The van der Waals surface area contributed by atoms with Gasteiger partial charge in [-0.15, -0.1) is 0 Å². The third-order valence-electron chi connectivity index (χ3n) is 3.65. The Morgan fingerprint density at radius 1 is 1.39 bits per heavy atom. The Bertz CT molecular complexity index is 281. The maximum absolute atomic E-state index is 12.6. The average molecular weight is 267 g/mol. The van der Waals surface area contributed by atoms with Crippen LogP contribution in [0.1, 0.15) is 32.6 Å². The van der Waals surface area contributed by atoms with Crippen molar-refractivity contribution in [2.75, 3.05) is 19.6 Å². The van der Waals surface area contributed by atoms with Crippen molar-refractivity contribution in [2.24, 2.45) is 11.8 Å². The van der Waals surface area contributed by atoms with Crippen LogP contribution in [0.2, 0.25) is 0 Å². The van der Waals surface area contributed by atoms with E-state index in [4.69, 9.17) is 5.11 Å². The van der Waals surface area contributed by atoms with Gasteiger partial charge in [0.05, 0.1) is 0 Å². The highest BCUT2D eigenvalue weighted by Gasteiger charge is 2.45. The second-order valence-corrected chi connectivity index (χ2v) is 4.94. The SMILES string of the molecule is CCC1CCCN(CC(C(=O)O)C(F)(F)F)CC1. The van der Waals surface area contributed by atoms with E-state index in [1.165, 1.54) is 0 Å². The lowest BCUT2D eigenvalue weighted by molar-refractivity contribution is -0.196. The summed E-state index contributed by atoms with van der Waals surface area (Å²) in [6.45, 7) is 2.79. The predicted octanol–water partition coefficient (Wildman–Crippen LogP) is 2.76. The Morgan fingerprint density at radius 3 is 2.56 bits per heavy atom. The van der Waals surface area contributed by atoms with Gasteiger partial charge in [-0.3, -0.25) is 4.79 Å². The summed E-state index contributed by atoms with van der Waals surface area (Å²) >= 11 is 0. The molecule has 1 rings (SSSR count). The normalized spacial score (nSPS) is 24.6. The van der Waals surface area contributed by atoms with Gasteiger partial charge < -0.3 is 10.0 Å². The van der Waals surface area contributed by atoms with Crippen LogP contribution in [0.15, 0.2) is 0 Å². The van der Waals surface area contributed by atoms with E-state index in [0.717, 1.165) is 25.7 Å². The molecule has 1 N–H and O–H groups in total. The summed E-state index contributed by atoms with van der Waals surface area (Å²) in [5, 5.41) is 8.66. The second kappa shape index (κ2) is 6.41. The van der Waals surface area contributed by atoms with Crippen LogP contribution in [0.5, 0.6) is 0 Å². The molecule has 0 aromatic carbocycles. The van der Waals surface area contributed by atoms with Crippen LogP contribution in [-0.4, -0.2) is 41.8 Å². The molecule has 0 aromatic rings. The molecule has 0 bridgehead atoms. The predicted molar refractivity (Wildman–Crippen MR) is 61.3 cm³/mol. The molecule has 1 heterocycles. The molecule has 1 fully saturated rings. The maximum Gasteiger partial charge on any atom is 0.403 e. The van der Waals surface area contributed by atoms with Gasteiger partial charge in [-0.2, -0.15) is 13.2 Å². The van der Waals surface area contributed by atoms with Crippen molar-refractivity contribution in [3.05, 3.63) is 0 Å². The zero-order chi connectivity index (χ0) is 13.8. The van der Waals surface area contributed by atoms with E-state index < -0.39 is 24.6 Å². The highest BCUT2D eigenvalue weighted by molar-refractivity contribution is 5.71. The minimum atomic E-state index is -4.66. The van der Waals surface area contributed by atoms with E-state index in [-0.39, 0.29) is 0 Å². The number of nitrogens with zero attached hydrogens (tertiary/aromatic N) is 1. The molecule has 106 valence electrons. The fourth-order valence-electron chi connectivity index (χ4n) is 2.40. The lowest BCUT2D eigenvalue weighted by Crippen LogP contribution is -2.41. The summed E-state index contributed by atoms with van der Waals surface area (Å²) < 4.78 is 37.7. The third-order valence-corrected chi connectivity index (χ3v) is 3.65. The summed E-state index contributed by atoms with van der Waals surface area (Å²) in [6.07, 6.45) is -0.891. The molecule has 0 aromatic heterocycles. The summed E-state index contributed by atoms with van der Waals surface area (Å²) in [4.78, 5) is 12.3. The third kappa shape index (κ3) is 4.48. The number of likely N-dealkylation sites (tertiary alicyclic amines) is 1. The molecular formula is C12H20F3NO2. The van der Waals surface area contributed by atoms with E-state index in [9.17, 15) is 18.0 Å². The standard InChI is InChI=1S/C12H20F3NO2/c1-2-9-4-3-6-16(7-5-9)8-10(11(17)18)12(13,14)15/h9-10H,2-8H2,1H3,(H,17,18). The smallest absolute Gasteiger partial charge is 0.403 e. The summed E-state index contributed by atoms with van der Waals surface area (Å²) in [5.74, 6) is -3.49. The number of carboxylic acids is 1. The van der Waals surface area contributed by atoms with E-state index in [1.807, 2.05) is 0 Å². The number of aliphatic carboxylic acids is 1. The van der Waals surface area contributed by atoms with Crippen molar-refractivity contribution in [1.82, 2.24) is 4.90 Å². The number of rotatable bonds is 4. The molecule has 1 aliphatic heterocycles. The van der Waals surface area contributed by atoms with E-state index in [0.29, 0.717) is 19.0 Å². The van der Waals surface area contributed by atoms with Gasteiger partial charge in [-0.05, 0) is 38.3 Å². The average Bonchev–Trinajstić information content (AvgIpc) is 2.48. The lowest BCUT2D eigenvalue weighted by atomic mass is 9.98. The van der Waals surface area contributed by atoms with Crippen molar-refractivity contribution < 1.29 is 23.1 Å². The number of halogens is 3. The van der Waals surface area contributed by atoms with E-state index in [2.05, 4.69) is 6.92 Å². The van der Waals surface area contributed by atoms with Gasteiger partial charge in [-0.1, -0.05) is 13.3 Å². The molecule has 0 radical (unpaired) electrons. The van der Waals surface area contributed by atoms with Gasteiger partial charge in [0, 0.05) is 6.54 Å². The number of hydrogen-bond acceptors (Lipinski definition) is 2. The summed E-state index contributed by atoms with van der Waals surface area (Å²) in [6, 6.07) is 0. The van der Waals surface area contributed by atoms with Gasteiger partial charge >= 0.3 is 12.1 Å². The zero-order valence-corrected chi connectivity index (χ0v) is 10.5. The minimum absolute atomic E-state index is 0.421. The monoisotopic (exact) mass is 267 g/mol. The van der Waals surface area contributed by atoms with E-state index >= 15 is 0 Å². The van der Waals surface area contributed by atoms with Crippen LogP contribution in [-0.2, 0) is 4.79 Å². The van der Waals surface area contributed by atoms with Crippen LogP contribution in [0, 0.1) is 11.8 Å².